The van der Waals surface area contributed by atoms with Gasteiger partial charge in [0.2, 0.25) is 5.91 Å². The topological polar surface area (TPSA) is 58.6 Å². The van der Waals surface area contributed by atoms with Crippen LogP contribution in [0.5, 0.6) is 5.75 Å². The van der Waals surface area contributed by atoms with Gasteiger partial charge in [-0.2, -0.15) is 0 Å². The van der Waals surface area contributed by atoms with Gasteiger partial charge in [0.15, 0.2) is 6.61 Å². The van der Waals surface area contributed by atoms with Crippen LogP contribution in [0.2, 0.25) is 0 Å². The fourth-order valence-electron chi connectivity index (χ4n) is 2.22. The Balaban J connectivity index is 1.84. The molecule has 0 aliphatic rings. The highest BCUT2D eigenvalue weighted by molar-refractivity contribution is 9.10. The first-order chi connectivity index (χ1) is 11.8. The van der Waals surface area contributed by atoms with E-state index < -0.39 is 0 Å². The number of hydrogen-bond donors (Lipinski definition) is 1. The van der Waals surface area contributed by atoms with Gasteiger partial charge < -0.3 is 15.0 Å². The number of carbonyl (C=O) groups excluding carboxylic acids is 2. The number of likely N-dealkylation sites (N-methyl/N-ethyl adjacent to an activating group) is 1. The van der Waals surface area contributed by atoms with Crippen molar-refractivity contribution in [3.05, 3.63) is 58.1 Å². The van der Waals surface area contributed by atoms with Gasteiger partial charge in [-0.1, -0.05) is 28.1 Å². The smallest absolute Gasteiger partial charge is 0.260 e. The first-order valence-corrected chi connectivity index (χ1v) is 8.64. The second-order valence-corrected chi connectivity index (χ2v) is 6.78. The van der Waals surface area contributed by atoms with Crippen LogP contribution in [-0.4, -0.2) is 36.9 Å². The zero-order chi connectivity index (χ0) is 18.4. The molecule has 0 bridgehead atoms. The molecule has 0 aliphatic carbocycles. The van der Waals surface area contributed by atoms with E-state index in [2.05, 4.69) is 21.2 Å². The number of halogens is 1. The Hall–Kier alpha value is -2.34. The van der Waals surface area contributed by atoms with Gasteiger partial charge in [0, 0.05) is 17.2 Å². The second kappa shape index (κ2) is 8.67. The van der Waals surface area contributed by atoms with Crippen LogP contribution in [0.3, 0.4) is 0 Å². The van der Waals surface area contributed by atoms with Crippen LogP contribution >= 0.6 is 15.9 Å². The maximum atomic E-state index is 12.1. The molecule has 0 fully saturated rings. The molecule has 132 valence electrons. The third-order valence-corrected chi connectivity index (χ3v) is 4.11. The van der Waals surface area contributed by atoms with Crippen molar-refractivity contribution < 1.29 is 14.3 Å². The van der Waals surface area contributed by atoms with Gasteiger partial charge in [0.05, 0.1) is 6.54 Å². The summed E-state index contributed by atoms with van der Waals surface area (Å²) in [5.74, 6) is 0.123. The van der Waals surface area contributed by atoms with E-state index in [-0.39, 0.29) is 25.0 Å². The van der Waals surface area contributed by atoms with E-state index in [9.17, 15) is 9.59 Å². The summed E-state index contributed by atoms with van der Waals surface area (Å²) in [5.41, 5.74) is 2.73. The highest BCUT2D eigenvalue weighted by atomic mass is 79.9. The van der Waals surface area contributed by atoms with Crippen molar-refractivity contribution in [3.8, 4) is 5.75 Å². The molecule has 2 rings (SSSR count). The Bertz CT molecular complexity index is 777. The van der Waals surface area contributed by atoms with Crippen LogP contribution in [-0.2, 0) is 9.59 Å². The Labute approximate surface area is 156 Å². The monoisotopic (exact) mass is 404 g/mol. The summed E-state index contributed by atoms with van der Waals surface area (Å²) in [6, 6.07) is 13.1. The van der Waals surface area contributed by atoms with Gasteiger partial charge in [-0.25, -0.2) is 0 Å². The van der Waals surface area contributed by atoms with Gasteiger partial charge >= 0.3 is 0 Å². The quantitative estimate of drug-likeness (QED) is 0.800. The lowest BCUT2D eigenvalue weighted by Gasteiger charge is -2.18. The molecular weight excluding hydrogens is 384 g/mol. The summed E-state index contributed by atoms with van der Waals surface area (Å²) in [4.78, 5) is 25.6. The zero-order valence-corrected chi connectivity index (χ0v) is 16.1. The van der Waals surface area contributed by atoms with E-state index in [1.54, 1.807) is 13.1 Å². The summed E-state index contributed by atoms with van der Waals surface area (Å²) in [5, 5.41) is 2.81. The fraction of sp³-hybridized carbons (Fsp3) is 0.263. The minimum atomic E-state index is -0.260. The van der Waals surface area contributed by atoms with Gasteiger partial charge in [-0.05, 0) is 55.3 Å². The van der Waals surface area contributed by atoms with Gasteiger partial charge in [0.25, 0.3) is 5.91 Å². The van der Waals surface area contributed by atoms with Crippen molar-refractivity contribution >= 4 is 33.4 Å². The van der Waals surface area contributed by atoms with E-state index in [0.29, 0.717) is 5.75 Å². The number of aryl methyl sites for hydroxylation is 2. The molecule has 0 unspecified atom stereocenters. The number of nitrogens with zero attached hydrogens (tertiary/aromatic N) is 1. The first kappa shape index (κ1) is 19.0. The molecule has 0 heterocycles. The molecule has 1 N–H and O–H groups in total. The van der Waals surface area contributed by atoms with Gasteiger partial charge in [-0.3, -0.25) is 9.59 Å². The maximum absolute atomic E-state index is 12.1. The molecule has 6 heteroatoms. The van der Waals surface area contributed by atoms with Crippen molar-refractivity contribution in [2.75, 3.05) is 25.5 Å². The van der Waals surface area contributed by atoms with Crippen molar-refractivity contribution in [1.29, 1.82) is 0 Å². The van der Waals surface area contributed by atoms with E-state index in [1.165, 1.54) is 4.90 Å². The molecule has 0 saturated heterocycles. The molecule has 2 amide bonds. The summed E-state index contributed by atoms with van der Waals surface area (Å²) in [7, 11) is 1.58. The minimum Gasteiger partial charge on any atom is -0.484 e. The molecular formula is C19H21BrN2O3. The maximum Gasteiger partial charge on any atom is 0.260 e. The van der Waals surface area contributed by atoms with Crippen LogP contribution in [0.25, 0.3) is 0 Å². The summed E-state index contributed by atoms with van der Waals surface area (Å²) >= 11 is 3.38. The lowest BCUT2D eigenvalue weighted by Crippen LogP contribution is -2.37. The molecule has 2 aromatic carbocycles. The number of anilines is 1. The largest absolute Gasteiger partial charge is 0.484 e. The molecule has 0 aliphatic heterocycles. The number of nitrogens with one attached hydrogen (secondary N) is 1. The molecule has 25 heavy (non-hydrogen) atoms. The Morgan fingerprint density at radius 3 is 2.60 bits per heavy atom. The van der Waals surface area contributed by atoms with Gasteiger partial charge in [0.1, 0.15) is 5.75 Å². The Kier molecular flexibility index (Phi) is 6.58. The molecule has 0 atom stereocenters. The summed E-state index contributed by atoms with van der Waals surface area (Å²) < 4.78 is 6.42. The molecule has 0 radical (unpaired) electrons. The number of benzene rings is 2. The van der Waals surface area contributed by atoms with Crippen LogP contribution in [0.15, 0.2) is 46.9 Å². The normalized spacial score (nSPS) is 10.2. The molecule has 0 saturated carbocycles. The van der Waals surface area contributed by atoms with Crippen molar-refractivity contribution in [2.24, 2.45) is 0 Å². The summed E-state index contributed by atoms with van der Waals surface area (Å²) in [6.07, 6.45) is 0. The Morgan fingerprint density at radius 1 is 1.16 bits per heavy atom. The van der Waals surface area contributed by atoms with Gasteiger partial charge in [-0.15, -0.1) is 0 Å². The molecule has 2 aromatic rings. The van der Waals surface area contributed by atoms with Crippen molar-refractivity contribution in [2.45, 2.75) is 13.8 Å². The van der Waals surface area contributed by atoms with Crippen LogP contribution in [0, 0.1) is 13.8 Å². The lowest BCUT2D eigenvalue weighted by molar-refractivity contribution is -0.135. The number of carbonyl (C=O) groups is 2. The summed E-state index contributed by atoms with van der Waals surface area (Å²) in [6.45, 7) is 3.72. The standard InChI is InChI=1S/C19H21BrN2O3/c1-13-5-4-6-16(9-13)25-12-19(24)22(3)11-18(23)21-17-8-7-15(20)10-14(17)2/h4-10H,11-12H2,1-3H3,(H,21,23). The number of hydrogen-bond acceptors (Lipinski definition) is 3. The second-order valence-electron chi connectivity index (χ2n) is 5.86. The van der Waals surface area contributed by atoms with E-state index in [4.69, 9.17) is 4.74 Å². The molecule has 5 nitrogen and oxygen atoms in total. The van der Waals surface area contributed by atoms with Crippen LogP contribution in [0.1, 0.15) is 11.1 Å². The van der Waals surface area contributed by atoms with Crippen molar-refractivity contribution in [3.63, 3.8) is 0 Å². The molecule has 0 aromatic heterocycles. The Morgan fingerprint density at radius 2 is 1.92 bits per heavy atom. The predicted molar refractivity (Wildman–Crippen MR) is 102 cm³/mol. The van der Waals surface area contributed by atoms with Crippen LogP contribution in [0.4, 0.5) is 5.69 Å². The first-order valence-electron chi connectivity index (χ1n) is 7.84. The zero-order valence-electron chi connectivity index (χ0n) is 14.5. The third-order valence-electron chi connectivity index (χ3n) is 3.62. The number of rotatable bonds is 6. The van der Waals surface area contributed by atoms with Crippen molar-refractivity contribution in [1.82, 2.24) is 4.90 Å². The average Bonchev–Trinajstić information content (AvgIpc) is 2.55. The fourth-order valence-corrected chi connectivity index (χ4v) is 2.70. The number of amides is 2. The van der Waals surface area contributed by atoms with E-state index >= 15 is 0 Å². The van der Waals surface area contributed by atoms with E-state index in [1.807, 2.05) is 50.2 Å². The highest BCUT2D eigenvalue weighted by Crippen LogP contribution is 2.20. The molecule has 0 spiro atoms. The predicted octanol–water partition coefficient (Wildman–Crippen LogP) is 3.54. The highest BCUT2D eigenvalue weighted by Gasteiger charge is 2.14. The SMILES string of the molecule is Cc1cccc(OCC(=O)N(C)CC(=O)Nc2ccc(Br)cc2C)c1. The van der Waals surface area contributed by atoms with Crippen LogP contribution < -0.4 is 10.1 Å². The minimum absolute atomic E-state index is 0.0362. The van der Waals surface area contributed by atoms with E-state index in [0.717, 1.165) is 21.3 Å². The lowest BCUT2D eigenvalue weighted by atomic mass is 10.2. The third kappa shape index (κ3) is 5.90. The average molecular weight is 405 g/mol. The number of ether oxygens (including phenoxy) is 1.